The summed E-state index contributed by atoms with van der Waals surface area (Å²) in [6.45, 7) is 2.75. The molecule has 2 aromatic heterocycles. The third-order valence-electron chi connectivity index (χ3n) is 5.37. The van der Waals surface area contributed by atoms with Gasteiger partial charge in [-0.1, -0.05) is 48.5 Å². The zero-order valence-corrected chi connectivity index (χ0v) is 19.1. The number of carbonyl (C=O) groups excluding carboxylic acids is 1. The Morgan fingerprint density at radius 3 is 2.69 bits per heavy atom. The lowest BCUT2D eigenvalue weighted by atomic mass is 10.1. The minimum atomic E-state index is -0.245. The molecule has 0 spiro atoms. The van der Waals surface area contributed by atoms with Gasteiger partial charge < -0.3 is 4.42 Å². The molecule has 162 valence electrons. The predicted molar refractivity (Wildman–Crippen MR) is 129 cm³/mol. The smallest absolute Gasteiger partial charge is 0.293 e. The summed E-state index contributed by atoms with van der Waals surface area (Å²) < 4.78 is 5.52. The number of fused-ring (bicyclic) bond motifs is 1. The van der Waals surface area contributed by atoms with Crippen molar-refractivity contribution in [2.45, 2.75) is 30.2 Å². The van der Waals surface area contributed by atoms with Crippen LogP contribution >= 0.6 is 23.1 Å². The number of nitrogens with zero attached hydrogens (tertiary/aromatic N) is 2. The summed E-state index contributed by atoms with van der Waals surface area (Å²) in [5, 5.41) is 3.59. The highest BCUT2D eigenvalue weighted by molar-refractivity contribution is 7.98. The van der Waals surface area contributed by atoms with E-state index in [0.717, 1.165) is 42.2 Å². The maximum absolute atomic E-state index is 12.9. The molecule has 1 aliphatic rings. The van der Waals surface area contributed by atoms with Crippen LogP contribution in [0.1, 0.15) is 32.3 Å². The maximum atomic E-state index is 12.9. The molecule has 0 fully saturated rings. The second-order valence-electron chi connectivity index (χ2n) is 7.67. The van der Waals surface area contributed by atoms with Crippen molar-refractivity contribution in [1.82, 2.24) is 9.88 Å². The Morgan fingerprint density at radius 1 is 1.09 bits per heavy atom. The van der Waals surface area contributed by atoms with Crippen LogP contribution in [0, 0.1) is 0 Å². The largest absolute Gasteiger partial charge is 0.459 e. The Labute approximate surface area is 195 Å². The van der Waals surface area contributed by atoms with E-state index in [9.17, 15) is 4.79 Å². The van der Waals surface area contributed by atoms with Gasteiger partial charge in [0.2, 0.25) is 0 Å². The minimum Gasteiger partial charge on any atom is -0.459 e. The highest BCUT2D eigenvalue weighted by atomic mass is 32.2. The molecule has 5 nitrogen and oxygen atoms in total. The van der Waals surface area contributed by atoms with Crippen LogP contribution in [0.15, 0.2) is 82.3 Å². The van der Waals surface area contributed by atoms with Gasteiger partial charge in [0.15, 0.2) is 10.9 Å². The summed E-state index contributed by atoms with van der Waals surface area (Å²) in [4.78, 5) is 22.4. The first-order valence-corrected chi connectivity index (χ1v) is 12.4. The first kappa shape index (κ1) is 21.0. The summed E-state index contributed by atoms with van der Waals surface area (Å²) >= 11 is 3.24. The topological polar surface area (TPSA) is 58.4 Å². The number of furan rings is 1. The van der Waals surface area contributed by atoms with E-state index in [1.54, 1.807) is 29.4 Å². The van der Waals surface area contributed by atoms with Crippen molar-refractivity contribution in [1.29, 1.82) is 0 Å². The maximum Gasteiger partial charge on any atom is 0.293 e. The normalized spacial score (nSPS) is 13.6. The van der Waals surface area contributed by atoms with Gasteiger partial charge in [0, 0.05) is 47.1 Å². The van der Waals surface area contributed by atoms with Crippen LogP contribution in [0.25, 0.3) is 0 Å². The van der Waals surface area contributed by atoms with Crippen LogP contribution in [-0.4, -0.2) is 22.3 Å². The predicted octanol–water partition coefficient (Wildman–Crippen LogP) is 5.84. The van der Waals surface area contributed by atoms with Crippen molar-refractivity contribution >= 4 is 34.1 Å². The molecule has 7 heteroatoms. The summed E-state index contributed by atoms with van der Waals surface area (Å²) in [7, 11) is 0. The molecule has 0 aliphatic carbocycles. The molecule has 1 amide bonds. The number of hydrogen-bond acceptors (Lipinski definition) is 6. The Bertz CT molecular complexity index is 1190. The van der Waals surface area contributed by atoms with Gasteiger partial charge in [0.05, 0.1) is 12.0 Å². The van der Waals surface area contributed by atoms with E-state index >= 15 is 0 Å². The number of amides is 1. The summed E-state index contributed by atoms with van der Waals surface area (Å²) in [5.74, 6) is 0.782. The Balaban J connectivity index is 1.22. The van der Waals surface area contributed by atoms with E-state index in [0.29, 0.717) is 16.6 Å². The molecule has 0 bridgehead atoms. The summed E-state index contributed by atoms with van der Waals surface area (Å²) in [6.07, 6.45) is 2.47. The van der Waals surface area contributed by atoms with Gasteiger partial charge in [-0.05, 0) is 23.8 Å². The Hall–Kier alpha value is -2.87. The van der Waals surface area contributed by atoms with Crippen LogP contribution in [0.5, 0.6) is 0 Å². The molecule has 3 heterocycles. The monoisotopic (exact) mass is 461 g/mol. The minimum absolute atomic E-state index is 0.245. The molecule has 32 heavy (non-hydrogen) atoms. The standard InChI is InChI=1S/C25H23N3O2S2/c29-24(23-19(12-14-30-23)17-31-20-9-5-2-6-10-20)27-25-26-21-11-13-28(16-22(21)32-25)15-18-7-3-1-4-8-18/h1-10,12,14H,11,13,15-17H2,(H,26,27,29). The number of rotatable bonds is 7. The SMILES string of the molecule is O=C(Nc1nc2c(s1)CN(Cc1ccccc1)CC2)c1occc1CSc1ccccc1. The third kappa shape index (κ3) is 4.96. The van der Waals surface area contributed by atoms with Gasteiger partial charge in [-0.15, -0.1) is 23.1 Å². The van der Waals surface area contributed by atoms with Crippen LogP contribution < -0.4 is 5.32 Å². The van der Waals surface area contributed by atoms with E-state index in [1.807, 2.05) is 30.3 Å². The first-order chi connectivity index (χ1) is 15.7. The summed E-state index contributed by atoms with van der Waals surface area (Å²) in [6, 6.07) is 22.5. The molecule has 0 radical (unpaired) electrons. The lowest BCUT2D eigenvalue weighted by Crippen LogP contribution is -2.29. The van der Waals surface area contributed by atoms with E-state index in [4.69, 9.17) is 4.42 Å². The Morgan fingerprint density at radius 2 is 1.88 bits per heavy atom. The average molecular weight is 462 g/mol. The number of thioether (sulfide) groups is 1. The zero-order valence-electron chi connectivity index (χ0n) is 17.5. The second kappa shape index (κ2) is 9.73. The van der Waals surface area contributed by atoms with Crippen LogP contribution in [0.4, 0.5) is 5.13 Å². The number of anilines is 1. The molecule has 0 atom stereocenters. The number of nitrogens with one attached hydrogen (secondary N) is 1. The number of thiazole rings is 1. The molecule has 1 aliphatic heterocycles. The van der Waals surface area contributed by atoms with Crippen molar-refractivity contribution < 1.29 is 9.21 Å². The number of hydrogen-bond donors (Lipinski definition) is 1. The average Bonchev–Trinajstić information content (AvgIpc) is 3.45. The van der Waals surface area contributed by atoms with E-state index in [2.05, 4.69) is 51.6 Å². The van der Waals surface area contributed by atoms with Crippen LogP contribution in [0.2, 0.25) is 0 Å². The molecule has 0 saturated heterocycles. The van der Waals surface area contributed by atoms with Gasteiger partial charge in [0.1, 0.15) is 0 Å². The zero-order chi connectivity index (χ0) is 21.8. The first-order valence-electron chi connectivity index (χ1n) is 10.5. The molecule has 1 N–H and O–H groups in total. The molecule has 2 aromatic carbocycles. The van der Waals surface area contributed by atoms with Crippen LogP contribution in [0.3, 0.4) is 0 Å². The third-order valence-corrected chi connectivity index (χ3v) is 7.43. The Kier molecular flexibility index (Phi) is 6.39. The number of aromatic nitrogens is 1. The van der Waals surface area contributed by atoms with Gasteiger partial charge >= 0.3 is 0 Å². The lowest BCUT2D eigenvalue weighted by Gasteiger charge is -2.25. The quantitative estimate of drug-likeness (QED) is 0.351. The van der Waals surface area contributed by atoms with Gasteiger partial charge in [-0.25, -0.2) is 4.98 Å². The van der Waals surface area contributed by atoms with Crippen molar-refractivity contribution in [3.8, 4) is 0 Å². The highest BCUT2D eigenvalue weighted by Crippen LogP contribution is 2.30. The lowest BCUT2D eigenvalue weighted by molar-refractivity contribution is 0.0995. The van der Waals surface area contributed by atoms with Crippen molar-refractivity contribution in [2.24, 2.45) is 0 Å². The van der Waals surface area contributed by atoms with Crippen molar-refractivity contribution in [3.05, 3.63) is 100 Å². The van der Waals surface area contributed by atoms with Crippen LogP contribution in [-0.2, 0) is 25.3 Å². The number of carbonyl (C=O) groups is 1. The summed E-state index contributed by atoms with van der Waals surface area (Å²) in [5.41, 5.74) is 3.29. The fourth-order valence-corrected chi connectivity index (χ4v) is 5.70. The molecular formula is C25H23N3O2S2. The molecular weight excluding hydrogens is 438 g/mol. The molecule has 4 aromatic rings. The molecule has 0 saturated carbocycles. The van der Waals surface area contributed by atoms with Gasteiger partial charge in [-0.3, -0.25) is 15.0 Å². The van der Waals surface area contributed by atoms with E-state index in [1.165, 1.54) is 10.4 Å². The van der Waals surface area contributed by atoms with Crippen molar-refractivity contribution in [3.63, 3.8) is 0 Å². The van der Waals surface area contributed by atoms with Gasteiger partial charge in [-0.2, -0.15) is 0 Å². The van der Waals surface area contributed by atoms with E-state index in [-0.39, 0.29) is 5.91 Å². The molecule has 5 rings (SSSR count). The fraction of sp³-hybridized carbons (Fsp3) is 0.200. The fourth-order valence-electron chi connectivity index (χ4n) is 3.76. The van der Waals surface area contributed by atoms with Crippen molar-refractivity contribution in [2.75, 3.05) is 11.9 Å². The second-order valence-corrected chi connectivity index (χ2v) is 9.80. The number of benzene rings is 2. The molecule has 0 unspecified atom stereocenters. The van der Waals surface area contributed by atoms with Gasteiger partial charge in [0.25, 0.3) is 5.91 Å². The van der Waals surface area contributed by atoms with E-state index < -0.39 is 0 Å². The highest BCUT2D eigenvalue weighted by Gasteiger charge is 2.23.